The topological polar surface area (TPSA) is 75.1 Å². The lowest BCUT2D eigenvalue weighted by molar-refractivity contribution is 0.120. The SMILES string of the molecule is CCNC(=NCCc1ccc(OC)c(OC)c1)NC1CCC(O)CC1.I. The molecule has 0 atom stereocenters. The zero-order valence-corrected chi connectivity index (χ0v) is 18.3. The fourth-order valence-corrected chi connectivity index (χ4v) is 3.07. The van der Waals surface area contributed by atoms with Crippen LogP contribution in [0.5, 0.6) is 11.5 Å². The van der Waals surface area contributed by atoms with Gasteiger partial charge < -0.3 is 25.2 Å². The summed E-state index contributed by atoms with van der Waals surface area (Å²) in [6, 6.07) is 6.35. The fourth-order valence-electron chi connectivity index (χ4n) is 3.07. The summed E-state index contributed by atoms with van der Waals surface area (Å²) in [5.41, 5.74) is 1.16. The third-order valence-corrected chi connectivity index (χ3v) is 4.50. The van der Waals surface area contributed by atoms with Crippen molar-refractivity contribution in [1.29, 1.82) is 0 Å². The van der Waals surface area contributed by atoms with Gasteiger partial charge in [0.15, 0.2) is 17.5 Å². The second kappa shape index (κ2) is 12.2. The number of ether oxygens (including phenoxy) is 2. The maximum Gasteiger partial charge on any atom is 0.191 e. The molecule has 0 aliphatic heterocycles. The van der Waals surface area contributed by atoms with Gasteiger partial charge >= 0.3 is 0 Å². The van der Waals surface area contributed by atoms with E-state index in [0.29, 0.717) is 12.6 Å². The van der Waals surface area contributed by atoms with Crippen LogP contribution in [-0.2, 0) is 6.42 Å². The number of halogens is 1. The summed E-state index contributed by atoms with van der Waals surface area (Å²) in [5.74, 6) is 2.34. The molecule has 1 aromatic rings. The molecule has 0 spiro atoms. The van der Waals surface area contributed by atoms with Crippen molar-refractivity contribution in [3.05, 3.63) is 23.8 Å². The van der Waals surface area contributed by atoms with E-state index in [1.165, 1.54) is 0 Å². The predicted molar refractivity (Wildman–Crippen MR) is 116 cm³/mol. The molecular formula is C19H32IN3O3. The Bertz CT molecular complexity index is 561. The highest BCUT2D eigenvalue weighted by Gasteiger charge is 2.19. The quantitative estimate of drug-likeness (QED) is 0.320. The van der Waals surface area contributed by atoms with Crippen molar-refractivity contribution in [3.63, 3.8) is 0 Å². The maximum atomic E-state index is 9.62. The molecule has 2 rings (SSSR count). The maximum absolute atomic E-state index is 9.62. The van der Waals surface area contributed by atoms with E-state index in [9.17, 15) is 5.11 Å². The Labute approximate surface area is 173 Å². The molecule has 0 saturated heterocycles. The van der Waals surface area contributed by atoms with Gasteiger partial charge in [0.25, 0.3) is 0 Å². The summed E-state index contributed by atoms with van der Waals surface area (Å²) >= 11 is 0. The van der Waals surface area contributed by atoms with Gasteiger partial charge in [-0.1, -0.05) is 6.07 Å². The second-order valence-electron chi connectivity index (χ2n) is 6.35. The molecule has 1 fully saturated rings. The number of guanidine groups is 1. The van der Waals surface area contributed by atoms with E-state index in [-0.39, 0.29) is 30.1 Å². The average Bonchev–Trinajstić information content (AvgIpc) is 2.63. The summed E-state index contributed by atoms with van der Waals surface area (Å²) in [5, 5.41) is 16.4. The number of hydrogen-bond donors (Lipinski definition) is 3. The summed E-state index contributed by atoms with van der Waals surface area (Å²) in [4.78, 5) is 4.68. The van der Waals surface area contributed by atoms with E-state index in [0.717, 1.165) is 61.7 Å². The van der Waals surface area contributed by atoms with Gasteiger partial charge in [-0.05, 0) is 56.7 Å². The molecule has 0 bridgehead atoms. The first kappa shape index (κ1) is 22.8. The highest BCUT2D eigenvalue weighted by molar-refractivity contribution is 14.0. The van der Waals surface area contributed by atoms with E-state index < -0.39 is 0 Å². The van der Waals surface area contributed by atoms with E-state index in [1.54, 1.807) is 14.2 Å². The molecule has 0 aromatic heterocycles. The normalized spacial score (nSPS) is 20.1. The van der Waals surface area contributed by atoms with E-state index in [4.69, 9.17) is 9.47 Å². The molecule has 148 valence electrons. The minimum absolute atomic E-state index is 0. The Balaban J connectivity index is 0.00000338. The van der Waals surface area contributed by atoms with Gasteiger partial charge in [0.1, 0.15) is 0 Å². The van der Waals surface area contributed by atoms with Crippen molar-refractivity contribution in [3.8, 4) is 11.5 Å². The van der Waals surface area contributed by atoms with E-state index >= 15 is 0 Å². The van der Waals surface area contributed by atoms with Crippen LogP contribution in [0, 0.1) is 0 Å². The number of aliphatic hydroxyl groups excluding tert-OH is 1. The number of benzene rings is 1. The third kappa shape index (κ3) is 7.19. The van der Waals surface area contributed by atoms with Crippen molar-refractivity contribution in [2.24, 2.45) is 4.99 Å². The predicted octanol–water partition coefficient (Wildman–Crippen LogP) is 2.72. The number of methoxy groups -OCH3 is 2. The zero-order chi connectivity index (χ0) is 18.1. The summed E-state index contributed by atoms with van der Waals surface area (Å²) in [6.45, 7) is 3.59. The van der Waals surface area contributed by atoms with Gasteiger partial charge in [0.2, 0.25) is 0 Å². The molecule has 0 amide bonds. The van der Waals surface area contributed by atoms with Gasteiger partial charge in [0, 0.05) is 19.1 Å². The highest BCUT2D eigenvalue weighted by Crippen LogP contribution is 2.27. The Hall–Kier alpha value is -1.22. The first-order valence-electron chi connectivity index (χ1n) is 9.10. The number of nitrogens with zero attached hydrogens (tertiary/aromatic N) is 1. The highest BCUT2D eigenvalue weighted by atomic mass is 127. The monoisotopic (exact) mass is 477 g/mol. The molecule has 1 aliphatic carbocycles. The van der Waals surface area contributed by atoms with Crippen molar-refractivity contribution in [2.75, 3.05) is 27.3 Å². The van der Waals surface area contributed by atoms with Crippen LogP contribution in [0.3, 0.4) is 0 Å². The van der Waals surface area contributed by atoms with Crippen molar-refractivity contribution >= 4 is 29.9 Å². The van der Waals surface area contributed by atoms with E-state index in [1.807, 2.05) is 18.2 Å². The van der Waals surface area contributed by atoms with Crippen molar-refractivity contribution < 1.29 is 14.6 Å². The summed E-state index contributed by atoms with van der Waals surface area (Å²) < 4.78 is 10.6. The Kier molecular flexibility index (Phi) is 10.7. The van der Waals surface area contributed by atoms with Crippen LogP contribution in [0.2, 0.25) is 0 Å². The van der Waals surface area contributed by atoms with Crippen molar-refractivity contribution in [2.45, 2.75) is 51.2 Å². The van der Waals surface area contributed by atoms with Crippen LogP contribution in [0.4, 0.5) is 0 Å². The lowest BCUT2D eigenvalue weighted by Crippen LogP contribution is -2.45. The van der Waals surface area contributed by atoms with Crippen LogP contribution in [-0.4, -0.2) is 50.5 Å². The summed E-state index contributed by atoms with van der Waals surface area (Å²) in [6.07, 6.45) is 4.40. The van der Waals surface area contributed by atoms with Crippen LogP contribution in [0.1, 0.15) is 38.2 Å². The standard InChI is InChI=1S/C19H31N3O3.HI/c1-4-20-19(22-15-6-8-16(23)9-7-15)21-12-11-14-5-10-17(24-2)18(13-14)25-3;/h5,10,13,15-16,23H,4,6-9,11-12H2,1-3H3,(H2,20,21,22);1H. The molecule has 3 N–H and O–H groups in total. The zero-order valence-electron chi connectivity index (χ0n) is 16.0. The van der Waals surface area contributed by atoms with Gasteiger partial charge in [-0.3, -0.25) is 4.99 Å². The largest absolute Gasteiger partial charge is 0.493 e. The van der Waals surface area contributed by atoms with Gasteiger partial charge in [0.05, 0.1) is 20.3 Å². The minimum atomic E-state index is -0.136. The van der Waals surface area contributed by atoms with Gasteiger partial charge in [-0.25, -0.2) is 0 Å². The third-order valence-electron chi connectivity index (χ3n) is 4.50. The molecule has 0 unspecified atom stereocenters. The van der Waals surface area contributed by atoms with Gasteiger partial charge in [-0.2, -0.15) is 0 Å². The molecule has 0 heterocycles. The smallest absolute Gasteiger partial charge is 0.191 e. The molecule has 0 radical (unpaired) electrons. The molecule has 6 nitrogen and oxygen atoms in total. The van der Waals surface area contributed by atoms with Crippen LogP contribution in [0.15, 0.2) is 23.2 Å². The first-order chi connectivity index (χ1) is 12.2. The average molecular weight is 477 g/mol. The Morgan fingerprint density at radius 3 is 2.46 bits per heavy atom. The fraction of sp³-hybridized carbons (Fsp3) is 0.632. The number of aliphatic imine (C=N–C) groups is 1. The molecular weight excluding hydrogens is 445 g/mol. The second-order valence-corrected chi connectivity index (χ2v) is 6.35. The lowest BCUT2D eigenvalue weighted by atomic mass is 9.93. The Morgan fingerprint density at radius 2 is 1.85 bits per heavy atom. The minimum Gasteiger partial charge on any atom is -0.493 e. The number of aliphatic hydroxyl groups is 1. The Morgan fingerprint density at radius 1 is 1.15 bits per heavy atom. The lowest BCUT2D eigenvalue weighted by Gasteiger charge is -2.27. The van der Waals surface area contributed by atoms with Crippen LogP contribution in [0.25, 0.3) is 0 Å². The van der Waals surface area contributed by atoms with Gasteiger partial charge in [-0.15, -0.1) is 24.0 Å². The van der Waals surface area contributed by atoms with Crippen LogP contribution < -0.4 is 20.1 Å². The molecule has 26 heavy (non-hydrogen) atoms. The molecule has 7 heteroatoms. The molecule has 1 aliphatic rings. The number of rotatable bonds is 7. The van der Waals surface area contributed by atoms with Crippen molar-refractivity contribution in [1.82, 2.24) is 10.6 Å². The number of hydrogen-bond acceptors (Lipinski definition) is 4. The summed E-state index contributed by atoms with van der Waals surface area (Å²) in [7, 11) is 3.29. The number of nitrogens with one attached hydrogen (secondary N) is 2. The van der Waals surface area contributed by atoms with Crippen LogP contribution >= 0.6 is 24.0 Å². The molecule has 1 saturated carbocycles. The first-order valence-corrected chi connectivity index (χ1v) is 9.10. The van der Waals surface area contributed by atoms with E-state index in [2.05, 4.69) is 22.5 Å². The molecule has 1 aromatic carbocycles.